The number of nitrogens with one attached hydrogen (secondary N) is 1. The van der Waals surface area contributed by atoms with Gasteiger partial charge in [0.15, 0.2) is 0 Å². The average molecular weight is 202 g/mol. The zero-order valence-electron chi connectivity index (χ0n) is 5.94. The van der Waals surface area contributed by atoms with Crippen molar-refractivity contribution in [3.63, 3.8) is 0 Å². The smallest absolute Gasteiger partial charge is 0.101 e. The maximum atomic E-state index is 8.58. The lowest BCUT2D eigenvalue weighted by Gasteiger charge is -2.03. The predicted molar refractivity (Wildman–Crippen MR) is 49.0 cm³/mol. The van der Waals surface area contributed by atoms with E-state index >= 15 is 0 Å². The molecule has 0 radical (unpaired) electrons. The lowest BCUT2D eigenvalue weighted by atomic mass is 10.2. The molecule has 12 heavy (non-hydrogen) atoms. The largest absolute Gasteiger partial charge is 0.323 e. The summed E-state index contributed by atoms with van der Waals surface area (Å²) < 4.78 is 0. The quantitative estimate of drug-likeness (QED) is 0.541. The van der Waals surface area contributed by atoms with Crippen LogP contribution in [0.15, 0.2) is 12.1 Å². The highest BCUT2D eigenvalue weighted by atomic mass is 35.5. The molecule has 0 bridgehead atoms. The first-order valence-corrected chi connectivity index (χ1v) is 3.80. The summed E-state index contributed by atoms with van der Waals surface area (Å²) in [7, 11) is 0. The van der Waals surface area contributed by atoms with Crippen LogP contribution in [0.5, 0.6) is 0 Å². The van der Waals surface area contributed by atoms with Gasteiger partial charge in [0.25, 0.3) is 0 Å². The number of nitrogens with zero attached hydrogens (tertiary/aromatic N) is 1. The summed E-state index contributed by atoms with van der Waals surface area (Å²) in [5.74, 6) is 5.14. The third-order valence-electron chi connectivity index (χ3n) is 1.33. The molecular weight excluding hydrogens is 197 g/mol. The number of halogens is 2. The van der Waals surface area contributed by atoms with Crippen LogP contribution in [-0.2, 0) is 0 Å². The molecule has 0 heterocycles. The molecule has 0 saturated carbocycles. The van der Waals surface area contributed by atoms with Crippen molar-refractivity contribution in [1.29, 1.82) is 5.26 Å². The standard InChI is InChI=1S/C7H5Cl2N3/c8-5-2-6(9)7(12-11)1-4(5)3-10/h1-2,12H,11H2. The van der Waals surface area contributed by atoms with E-state index in [1.54, 1.807) is 0 Å². The van der Waals surface area contributed by atoms with E-state index in [0.29, 0.717) is 21.3 Å². The number of rotatable bonds is 1. The van der Waals surface area contributed by atoms with Gasteiger partial charge in [0, 0.05) is 0 Å². The van der Waals surface area contributed by atoms with Crippen LogP contribution in [0.2, 0.25) is 10.0 Å². The Bertz CT molecular complexity index is 343. The Morgan fingerprint density at radius 1 is 1.33 bits per heavy atom. The molecule has 1 aromatic rings. The van der Waals surface area contributed by atoms with Gasteiger partial charge in [-0.1, -0.05) is 23.2 Å². The van der Waals surface area contributed by atoms with Crippen molar-refractivity contribution in [1.82, 2.24) is 0 Å². The van der Waals surface area contributed by atoms with Gasteiger partial charge in [-0.2, -0.15) is 5.26 Å². The fraction of sp³-hybridized carbons (Fsp3) is 0. The molecular formula is C7H5Cl2N3. The van der Waals surface area contributed by atoms with Gasteiger partial charge >= 0.3 is 0 Å². The zero-order valence-corrected chi connectivity index (χ0v) is 7.45. The molecule has 0 unspecified atom stereocenters. The van der Waals surface area contributed by atoms with Crippen molar-refractivity contribution in [2.75, 3.05) is 5.43 Å². The van der Waals surface area contributed by atoms with Gasteiger partial charge in [0.1, 0.15) is 6.07 Å². The summed E-state index contributed by atoms with van der Waals surface area (Å²) in [6.07, 6.45) is 0. The van der Waals surface area contributed by atoms with Crippen LogP contribution in [0.4, 0.5) is 5.69 Å². The monoisotopic (exact) mass is 201 g/mol. The molecule has 0 aliphatic rings. The van der Waals surface area contributed by atoms with E-state index in [1.165, 1.54) is 12.1 Å². The maximum Gasteiger partial charge on any atom is 0.101 e. The summed E-state index contributed by atoms with van der Waals surface area (Å²) >= 11 is 11.4. The first-order valence-electron chi connectivity index (χ1n) is 3.04. The Morgan fingerprint density at radius 2 is 2.00 bits per heavy atom. The number of hydrogen-bond acceptors (Lipinski definition) is 3. The third kappa shape index (κ3) is 1.62. The molecule has 3 nitrogen and oxygen atoms in total. The summed E-state index contributed by atoms with van der Waals surface area (Å²) in [6, 6.07) is 4.87. The van der Waals surface area contributed by atoms with Crippen LogP contribution in [0.1, 0.15) is 5.56 Å². The van der Waals surface area contributed by atoms with E-state index in [-0.39, 0.29) is 0 Å². The molecule has 0 aromatic heterocycles. The van der Waals surface area contributed by atoms with Crippen LogP contribution in [0.25, 0.3) is 0 Å². The number of hydrogen-bond donors (Lipinski definition) is 2. The molecule has 62 valence electrons. The van der Waals surface area contributed by atoms with Gasteiger partial charge in [0.2, 0.25) is 0 Å². The fourth-order valence-corrected chi connectivity index (χ4v) is 1.23. The minimum atomic E-state index is 0.321. The topological polar surface area (TPSA) is 61.8 Å². The van der Waals surface area contributed by atoms with Gasteiger partial charge in [-0.3, -0.25) is 5.84 Å². The SMILES string of the molecule is N#Cc1cc(NN)c(Cl)cc1Cl. The molecule has 0 saturated heterocycles. The second-order valence-electron chi connectivity index (χ2n) is 2.07. The summed E-state index contributed by atoms with van der Waals surface area (Å²) in [6.45, 7) is 0. The first-order chi connectivity index (χ1) is 5.69. The van der Waals surface area contributed by atoms with Crippen LogP contribution in [0.3, 0.4) is 0 Å². The summed E-state index contributed by atoms with van der Waals surface area (Å²) in [5.41, 5.74) is 3.18. The number of nitrogens with two attached hydrogens (primary N) is 1. The van der Waals surface area contributed by atoms with Crippen LogP contribution in [0, 0.1) is 11.3 Å². The van der Waals surface area contributed by atoms with E-state index in [0.717, 1.165) is 0 Å². The molecule has 1 rings (SSSR count). The third-order valence-corrected chi connectivity index (χ3v) is 1.96. The molecule has 0 aliphatic carbocycles. The number of hydrazine groups is 1. The molecule has 0 amide bonds. The fourth-order valence-electron chi connectivity index (χ4n) is 0.745. The number of nitriles is 1. The van der Waals surface area contributed by atoms with Crippen molar-refractivity contribution in [2.24, 2.45) is 5.84 Å². The minimum Gasteiger partial charge on any atom is -0.323 e. The summed E-state index contributed by atoms with van der Waals surface area (Å²) in [4.78, 5) is 0. The number of anilines is 1. The molecule has 0 atom stereocenters. The number of benzene rings is 1. The lowest BCUT2D eigenvalue weighted by molar-refractivity contribution is 1.34. The molecule has 3 N–H and O–H groups in total. The van der Waals surface area contributed by atoms with Crippen molar-refractivity contribution in [3.8, 4) is 6.07 Å². The normalized spacial score (nSPS) is 9.17. The minimum absolute atomic E-state index is 0.321. The Labute approximate surface area is 79.7 Å². The Hall–Kier alpha value is -0.950. The van der Waals surface area contributed by atoms with Crippen LogP contribution in [-0.4, -0.2) is 0 Å². The molecule has 0 aliphatic heterocycles. The van der Waals surface area contributed by atoms with E-state index in [2.05, 4.69) is 5.43 Å². The first kappa shape index (κ1) is 9.14. The van der Waals surface area contributed by atoms with Gasteiger partial charge in [-0.05, 0) is 12.1 Å². The van der Waals surface area contributed by atoms with Gasteiger partial charge in [-0.25, -0.2) is 0 Å². The Balaban J connectivity index is 3.30. The van der Waals surface area contributed by atoms with E-state index in [4.69, 9.17) is 34.3 Å². The second kappa shape index (κ2) is 3.63. The van der Waals surface area contributed by atoms with Crippen LogP contribution < -0.4 is 11.3 Å². The Kier molecular flexibility index (Phi) is 2.77. The van der Waals surface area contributed by atoms with Gasteiger partial charge < -0.3 is 5.43 Å². The molecule has 1 aromatic carbocycles. The molecule has 5 heteroatoms. The maximum absolute atomic E-state index is 8.58. The van der Waals surface area contributed by atoms with Crippen molar-refractivity contribution >= 4 is 28.9 Å². The molecule has 0 fully saturated rings. The summed E-state index contributed by atoms with van der Waals surface area (Å²) in [5, 5.41) is 9.29. The van der Waals surface area contributed by atoms with Gasteiger partial charge in [-0.15, -0.1) is 0 Å². The second-order valence-corrected chi connectivity index (χ2v) is 2.88. The number of nitrogen functional groups attached to an aromatic ring is 1. The highest BCUT2D eigenvalue weighted by molar-refractivity contribution is 6.37. The average Bonchev–Trinajstić information content (AvgIpc) is 2.05. The predicted octanol–water partition coefficient (Wildman–Crippen LogP) is 2.15. The zero-order chi connectivity index (χ0) is 9.14. The van der Waals surface area contributed by atoms with E-state index in [1.807, 2.05) is 6.07 Å². The Morgan fingerprint density at radius 3 is 2.50 bits per heavy atom. The van der Waals surface area contributed by atoms with Crippen molar-refractivity contribution in [3.05, 3.63) is 27.7 Å². The van der Waals surface area contributed by atoms with Gasteiger partial charge in [0.05, 0.1) is 21.3 Å². The van der Waals surface area contributed by atoms with Crippen molar-refractivity contribution < 1.29 is 0 Å². The highest BCUT2D eigenvalue weighted by Gasteiger charge is 2.04. The van der Waals surface area contributed by atoms with Crippen molar-refractivity contribution in [2.45, 2.75) is 0 Å². The lowest BCUT2D eigenvalue weighted by Crippen LogP contribution is -2.07. The van der Waals surface area contributed by atoms with Crippen LogP contribution >= 0.6 is 23.2 Å². The van der Waals surface area contributed by atoms with E-state index < -0.39 is 0 Å². The molecule has 0 spiro atoms. The highest BCUT2D eigenvalue weighted by Crippen LogP contribution is 2.27. The van der Waals surface area contributed by atoms with E-state index in [9.17, 15) is 0 Å².